The van der Waals surface area contributed by atoms with Crippen molar-refractivity contribution in [3.63, 3.8) is 0 Å². The summed E-state index contributed by atoms with van der Waals surface area (Å²) >= 11 is 0. The summed E-state index contributed by atoms with van der Waals surface area (Å²) in [4.78, 5) is 12.1. The van der Waals surface area contributed by atoms with Crippen molar-refractivity contribution in [2.75, 3.05) is 6.54 Å². The van der Waals surface area contributed by atoms with Crippen LogP contribution in [0.4, 0.5) is 0 Å². The van der Waals surface area contributed by atoms with Crippen LogP contribution in [0, 0.1) is 12.3 Å². The van der Waals surface area contributed by atoms with Crippen molar-refractivity contribution in [3.8, 4) is 12.3 Å². The summed E-state index contributed by atoms with van der Waals surface area (Å²) in [6, 6.07) is 9.16. The van der Waals surface area contributed by atoms with E-state index in [4.69, 9.17) is 6.42 Å². The number of benzene rings is 1. The van der Waals surface area contributed by atoms with Crippen LogP contribution < -0.4 is 5.32 Å². The number of nitrogens with zero attached hydrogens (tertiary/aromatic N) is 4. The molecule has 0 saturated carbocycles. The molecule has 0 spiro atoms. The van der Waals surface area contributed by atoms with Gasteiger partial charge in [0.15, 0.2) is 0 Å². The topological polar surface area (TPSA) is 72.7 Å². The molecule has 0 aliphatic rings. The third-order valence-electron chi connectivity index (χ3n) is 2.62. The number of aromatic nitrogens is 4. The second kappa shape index (κ2) is 6.31. The summed E-state index contributed by atoms with van der Waals surface area (Å²) in [7, 11) is 0. The van der Waals surface area contributed by atoms with E-state index in [-0.39, 0.29) is 12.5 Å². The Labute approximate surface area is 110 Å². The number of tetrazole rings is 1. The number of carbonyl (C=O) groups excluding carboxylic acids is 1. The second-order valence-corrected chi connectivity index (χ2v) is 3.92. The van der Waals surface area contributed by atoms with E-state index >= 15 is 0 Å². The largest absolute Gasteiger partial charge is 0.343 e. The summed E-state index contributed by atoms with van der Waals surface area (Å²) in [5.74, 6) is 2.17. The van der Waals surface area contributed by atoms with E-state index in [1.807, 2.05) is 30.3 Å². The predicted octanol–water partition coefficient (Wildman–Crippen LogP) is 0.206. The maximum absolute atomic E-state index is 12.1. The Hall–Kier alpha value is -2.68. The maximum atomic E-state index is 12.1. The van der Waals surface area contributed by atoms with Gasteiger partial charge in [-0.1, -0.05) is 36.3 Å². The van der Waals surface area contributed by atoms with Crippen molar-refractivity contribution in [3.05, 3.63) is 42.2 Å². The van der Waals surface area contributed by atoms with E-state index in [0.29, 0.717) is 6.42 Å². The Bertz CT molecular complexity index is 558. The number of carbonyl (C=O) groups is 1. The molecule has 0 radical (unpaired) electrons. The molecule has 0 aliphatic carbocycles. The van der Waals surface area contributed by atoms with Crippen LogP contribution in [0.1, 0.15) is 11.6 Å². The number of hydrogen-bond acceptors (Lipinski definition) is 4. The zero-order valence-electron chi connectivity index (χ0n) is 10.2. The van der Waals surface area contributed by atoms with Gasteiger partial charge in [0.05, 0.1) is 6.54 Å². The highest BCUT2D eigenvalue weighted by molar-refractivity contribution is 5.80. The minimum atomic E-state index is -0.509. The van der Waals surface area contributed by atoms with Gasteiger partial charge in [0, 0.05) is 6.42 Å². The summed E-state index contributed by atoms with van der Waals surface area (Å²) in [5, 5.41) is 13.6. The minimum Gasteiger partial charge on any atom is -0.343 e. The molecule has 0 bridgehead atoms. The molecule has 0 fully saturated rings. The average molecular weight is 255 g/mol. The van der Waals surface area contributed by atoms with Crippen LogP contribution in [0.15, 0.2) is 36.7 Å². The van der Waals surface area contributed by atoms with Crippen molar-refractivity contribution in [1.82, 2.24) is 25.5 Å². The monoisotopic (exact) mass is 255 g/mol. The zero-order valence-corrected chi connectivity index (χ0v) is 10.2. The SMILES string of the molecule is C#CCNC(=O)C(Cc1ccccc1)n1cnnn1. The molecule has 2 aromatic rings. The van der Waals surface area contributed by atoms with Crippen LogP contribution >= 0.6 is 0 Å². The highest BCUT2D eigenvalue weighted by Crippen LogP contribution is 2.12. The highest BCUT2D eigenvalue weighted by atomic mass is 16.2. The van der Waals surface area contributed by atoms with Crippen molar-refractivity contribution < 1.29 is 4.79 Å². The number of nitrogens with one attached hydrogen (secondary N) is 1. The second-order valence-electron chi connectivity index (χ2n) is 3.92. The maximum Gasteiger partial charge on any atom is 0.246 e. The van der Waals surface area contributed by atoms with Gasteiger partial charge >= 0.3 is 0 Å². The Morgan fingerprint density at radius 1 is 1.42 bits per heavy atom. The fourth-order valence-corrected chi connectivity index (χ4v) is 1.71. The summed E-state index contributed by atoms with van der Waals surface area (Å²) in [6.07, 6.45) is 7.06. The lowest BCUT2D eigenvalue weighted by Crippen LogP contribution is -2.34. The van der Waals surface area contributed by atoms with Crippen LogP contribution in [0.25, 0.3) is 0 Å². The van der Waals surface area contributed by atoms with Crippen LogP contribution in [-0.4, -0.2) is 32.7 Å². The number of rotatable bonds is 5. The van der Waals surface area contributed by atoms with Crippen molar-refractivity contribution in [2.24, 2.45) is 0 Å². The molecule has 2 rings (SSSR count). The first-order valence-corrected chi connectivity index (χ1v) is 5.79. The van der Waals surface area contributed by atoms with Gasteiger partial charge in [-0.05, 0) is 16.0 Å². The molecule has 1 N–H and O–H groups in total. The van der Waals surface area contributed by atoms with Crippen LogP contribution in [-0.2, 0) is 11.2 Å². The molecule has 6 nitrogen and oxygen atoms in total. The summed E-state index contributed by atoms with van der Waals surface area (Å²) in [6.45, 7) is 0.187. The average Bonchev–Trinajstić information content (AvgIpc) is 2.97. The quantitative estimate of drug-likeness (QED) is 0.775. The van der Waals surface area contributed by atoms with Crippen LogP contribution in [0.2, 0.25) is 0 Å². The molecule has 1 aromatic carbocycles. The van der Waals surface area contributed by atoms with E-state index in [1.165, 1.54) is 11.0 Å². The molecule has 0 saturated heterocycles. The first-order valence-electron chi connectivity index (χ1n) is 5.79. The lowest BCUT2D eigenvalue weighted by molar-refractivity contribution is -0.124. The molecule has 19 heavy (non-hydrogen) atoms. The Morgan fingerprint density at radius 3 is 2.84 bits per heavy atom. The Morgan fingerprint density at radius 2 is 2.21 bits per heavy atom. The molecule has 1 atom stereocenters. The lowest BCUT2D eigenvalue weighted by Gasteiger charge is -2.15. The van der Waals surface area contributed by atoms with Crippen LogP contribution in [0.3, 0.4) is 0 Å². The van der Waals surface area contributed by atoms with E-state index in [2.05, 4.69) is 26.8 Å². The fraction of sp³-hybridized carbons (Fsp3) is 0.231. The van der Waals surface area contributed by atoms with Gasteiger partial charge < -0.3 is 5.32 Å². The molecular weight excluding hydrogens is 242 g/mol. The normalized spacial score (nSPS) is 11.5. The van der Waals surface area contributed by atoms with Gasteiger partial charge in [0.1, 0.15) is 12.4 Å². The first kappa shape index (κ1) is 12.8. The third kappa shape index (κ3) is 3.39. The molecule has 96 valence electrons. The van der Waals surface area contributed by atoms with E-state index in [0.717, 1.165) is 5.56 Å². The van der Waals surface area contributed by atoms with Gasteiger partial charge in [-0.15, -0.1) is 11.5 Å². The third-order valence-corrected chi connectivity index (χ3v) is 2.62. The van der Waals surface area contributed by atoms with Gasteiger partial charge in [-0.25, -0.2) is 4.68 Å². The Balaban J connectivity index is 2.16. The summed E-state index contributed by atoms with van der Waals surface area (Å²) < 4.78 is 1.43. The minimum absolute atomic E-state index is 0.187. The van der Waals surface area contributed by atoms with Gasteiger partial charge in [-0.2, -0.15) is 0 Å². The molecule has 6 heteroatoms. The predicted molar refractivity (Wildman–Crippen MR) is 68.8 cm³/mol. The van der Waals surface area contributed by atoms with E-state index < -0.39 is 6.04 Å². The van der Waals surface area contributed by atoms with Crippen molar-refractivity contribution >= 4 is 5.91 Å². The molecule has 1 amide bonds. The highest BCUT2D eigenvalue weighted by Gasteiger charge is 2.21. The molecule has 1 aromatic heterocycles. The number of terminal acetylenes is 1. The molecule has 1 unspecified atom stereocenters. The van der Waals surface area contributed by atoms with Gasteiger partial charge in [0.2, 0.25) is 5.91 Å². The van der Waals surface area contributed by atoms with E-state index in [9.17, 15) is 4.79 Å². The van der Waals surface area contributed by atoms with E-state index in [1.54, 1.807) is 0 Å². The molecule has 0 aliphatic heterocycles. The smallest absolute Gasteiger partial charge is 0.246 e. The lowest BCUT2D eigenvalue weighted by atomic mass is 10.1. The first-order chi connectivity index (χ1) is 9.31. The Kier molecular flexibility index (Phi) is 4.24. The molecular formula is C13H13N5O. The van der Waals surface area contributed by atoms with Crippen molar-refractivity contribution in [2.45, 2.75) is 12.5 Å². The van der Waals surface area contributed by atoms with Crippen LogP contribution in [0.5, 0.6) is 0 Å². The summed E-state index contributed by atoms with van der Waals surface area (Å²) in [5.41, 5.74) is 1.03. The number of amides is 1. The number of hydrogen-bond donors (Lipinski definition) is 1. The standard InChI is InChI=1S/C13H13N5O/c1-2-8-14-13(19)12(18-10-15-16-17-18)9-11-6-4-3-5-7-11/h1,3-7,10,12H,8-9H2,(H,14,19). The fourth-order valence-electron chi connectivity index (χ4n) is 1.71. The molecule has 1 heterocycles. The van der Waals surface area contributed by atoms with Gasteiger partial charge in [0.25, 0.3) is 0 Å². The van der Waals surface area contributed by atoms with Gasteiger partial charge in [-0.3, -0.25) is 4.79 Å². The van der Waals surface area contributed by atoms with Crippen molar-refractivity contribution in [1.29, 1.82) is 0 Å². The zero-order chi connectivity index (χ0) is 13.5.